The molecule has 2 heterocycles. The highest BCUT2D eigenvalue weighted by molar-refractivity contribution is 5.96. The molecule has 1 aliphatic rings. The molecule has 0 aliphatic carbocycles. The van der Waals surface area contributed by atoms with Crippen LogP contribution in [0.4, 0.5) is 5.69 Å². The molecule has 1 fully saturated rings. The van der Waals surface area contributed by atoms with Gasteiger partial charge in [-0.05, 0) is 37.1 Å². The van der Waals surface area contributed by atoms with Crippen LogP contribution < -0.4 is 20.3 Å². The fourth-order valence-corrected chi connectivity index (χ4v) is 3.41. The van der Waals surface area contributed by atoms with Crippen molar-refractivity contribution in [3.05, 3.63) is 59.6 Å². The quantitative estimate of drug-likeness (QED) is 0.674. The molecule has 7 heteroatoms. The van der Waals surface area contributed by atoms with Crippen molar-refractivity contribution >= 4 is 22.6 Å². The predicted octanol–water partition coefficient (Wildman–Crippen LogP) is 3.59. The number of fused-ring (bicyclic) bond motifs is 1. The number of benzene rings is 2. The fraction of sp³-hybridized carbons (Fsp3) is 0.304. The Balaban J connectivity index is 1.76. The summed E-state index contributed by atoms with van der Waals surface area (Å²) in [6.07, 6.45) is 2.01. The highest BCUT2D eigenvalue weighted by Crippen LogP contribution is 2.31. The van der Waals surface area contributed by atoms with E-state index in [-0.39, 0.29) is 17.6 Å². The van der Waals surface area contributed by atoms with Crippen LogP contribution in [0, 0.1) is 0 Å². The predicted molar refractivity (Wildman–Crippen MR) is 112 cm³/mol. The summed E-state index contributed by atoms with van der Waals surface area (Å²) < 4.78 is 22.3. The summed E-state index contributed by atoms with van der Waals surface area (Å²) >= 11 is 0. The lowest BCUT2D eigenvalue weighted by Crippen LogP contribution is -2.34. The minimum Gasteiger partial charge on any atom is -0.497 e. The molecule has 0 saturated carbocycles. The number of nitrogens with zero attached hydrogens (tertiary/aromatic N) is 1. The molecule has 0 unspecified atom stereocenters. The Hall–Kier alpha value is -3.32. The average molecular weight is 408 g/mol. The molecule has 1 atom stereocenters. The van der Waals surface area contributed by atoms with Crippen LogP contribution in [0.15, 0.2) is 57.9 Å². The van der Waals surface area contributed by atoms with Gasteiger partial charge in [0, 0.05) is 24.6 Å². The number of amides is 1. The number of nitrogens with one attached hydrogen (secondary N) is 1. The van der Waals surface area contributed by atoms with Gasteiger partial charge in [-0.25, -0.2) is 4.99 Å². The zero-order valence-corrected chi connectivity index (χ0v) is 17.0. The molecule has 1 saturated heterocycles. The molecule has 1 N–H and O–H groups in total. The van der Waals surface area contributed by atoms with E-state index in [4.69, 9.17) is 18.6 Å². The lowest BCUT2D eigenvalue weighted by Gasteiger charge is -2.11. The van der Waals surface area contributed by atoms with Gasteiger partial charge in [-0.15, -0.1) is 0 Å². The molecule has 2 aromatic carbocycles. The smallest absolute Gasteiger partial charge is 0.256 e. The second kappa shape index (κ2) is 9.00. The molecule has 3 aromatic rings. The highest BCUT2D eigenvalue weighted by atomic mass is 16.5. The van der Waals surface area contributed by atoms with Gasteiger partial charge in [0.25, 0.3) is 5.91 Å². The lowest BCUT2D eigenvalue weighted by atomic mass is 10.1. The molecule has 0 radical (unpaired) electrons. The van der Waals surface area contributed by atoms with Crippen LogP contribution in [0.2, 0.25) is 0 Å². The number of hydrogen-bond donors (Lipinski definition) is 1. The van der Waals surface area contributed by atoms with Gasteiger partial charge >= 0.3 is 0 Å². The number of methoxy groups -OCH3 is 2. The molecule has 0 bridgehead atoms. The van der Waals surface area contributed by atoms with Crippen molar-refractivity contribution in [1.82, 2.24) is 5.32 Å². The van der Waals surface area contributed by atoms with Crippen molar-refractivity contribution in [3.63, 3.8) is 0 Å². The molecule has 0 spiro atoms. The third-order valence-corrected chi connectivity index (χ3v) is 5.02. The standard InChI is InChI=1S/C23H24N2O5/c1-27-16-9-10-19(21(13-16)28-2)25-23-18(12-15-6-3-4-8-20(15)30-23)22(26)24-14-17-7-5-11-29-17/h3-4,6,8-10,12-13,17H,5,7,11,14H2,1-2H3,(H,24,26)/t17-/m0/s1. The first-order valence-electron chi connectivity index (χ1n) is 9.87. The summed E-state index contributed by atoms with van der Waals surface area (Å²) in [6, 6.07) is 14.6. The van der Waals surface area contributed by atoms with E-state index in [0.717, 1.165) is 24.8 Å². The van der Waals surface area contributed by atoms with Gasteiger partial charge in [0.2, 0.25) is 5.55 Å². The Morgan fingerprint density at radius 3 is 2.80 bits per heavy atom. The number of rotatable bonds is 6. The average Bonchev–Trinajstić information content (AvgIpc) is 3.31. The van der Waals surface area contributed by atoms with Crippen LogP contribution in [-0.4, -0.2) is 39.4 Å². The largest absolute Gasteiger partial charge is 0.497 e. The second-order valence-corrected chi connectivity index (χ2v) is 7.00. The van der Waals surface area contributed by atoms with Crippen molar-refractivity contribution in [3.8, 4) is 11.5 Å². The van der Waals surface area contributed by atoms with E-state index in [0.29, 0.717) is 34.9 Å². The number of hydrogen-bond acceptors (Lipinski definition) is 6. The topological polar surface area (TPSA) is 82.3 Å². The number of carbonyl (C=O) groups excluding carboxylic acids is 1. The van der Waals surface area contributed by atoms with Crippen LogP contribution in [0.5, 0.6) is 11.5 Å². The van der Waals surface area contributed by atoms with Crippen LogP contribution in [0.1, 0.15) is 23.2 Å². The molecular formula is C23H24N2O5. The summed E-state index contributed by atoms with van der Waals surface area (Å²) in [7, 11) is 3.14. The fourth-order valence-electron chi connectivity index (χ4n) is 3.41. The third kappa shape index (κ3) is 4.31. The first-order chi connectivity index (χ1) is 14.7. The Morgan fingerprint density at radius 1 is 1.17 bits per heavy atom. The first kappa shape index (κ1) is 20.0. The van der Waals surface area contributed by atoms with Gasteiger partial charge in [0.1, 0.15) is 28.3 Å². The van der Waals surface area contributed by atoms with Crippen LogP contribution in [-0.2, 0) is 4.74 Å². The van der Waals surface area contributed by atoms with Gasteiger partial charge in [-0.2, -0.15) is 0 Å². The van der Waals surface area contributed by atoms with Crippen molar-refractivity contribution in [2.75, 3.05) is 27.4 Å². The zero-order valence-electron chi connectivity index (χ0n) is 17.0. The Morgan fingerprint density at radius 2 is 2.03 bits per heavy atom. The summed E-state index contributed by atoms with van der Waals surface area (Å²) in [5.74, 6) is 0.908. The van der Waals surface area contributed by atoms with Gasteiger partial charge in [0.15, 0.2) is 0 Å². The Kier molecular flexibility index (Phi) is 5.99. The van der Waals surface area contributed by atoms with Crippen LogP contribution in [0.3, 0.4) is 0 Å². The van der Waals surface area contributed by atoms with Crippen molar-refractivity contribution in [1.29, 1.82) is 0 Å². The van der Waals surface area contributed by atoms with E-state index < -0.39 is 0 Å². The Labute approximate surface area is 174 Å². The first-order valence-corrected chi connectivity index (χ1v) is 9.87. The van der Waals surface area contributed by atoms with Crippen molar-refractivity contribution in [2.45, 2.75) is 18.9 Å². The summed E-state index contributed by atoms with van der Waals surface area (Å²) in [6.45, 7) is 1.20. The van der Waals surface area contributed by atoms with Crippen LogP contribution in [0.25, 0.3) is 11.0 Å². The molecule has 156 valence electrons. The number of carbonyl (C=O) groups is 1. The zero-order chi connectivity index (χ0) is 20.9. The minimum atomic E-state index is -0.258. The van der Waals surface area contributed by atoms with E-state index in [9.17, 15) is 4.79 Å². The van der Waals surface area contributed by atoms with Gasteiger partial charge in [-0.1, -0.05) is 18.2 Å². The molecule has 1 aromatic heterocycles. The van der Waals surface area contributed by atoms with E-state index in [1.807, 2.05) is 24.3 Å². The summed E-state index contributed by atoms with van der Waals surface area (Å²) in [5, 5.41) is 3.76. The van der Waals surface area contributed by atoms with E-state index in [2.05, 4.69) is 10.3 Å². The summed E-state index contributed by atoms with van der Waals surface area (Å²) in [4.78, 5) is 17.6. The molecule has 1 aliphatic heterocycles. The highest BCUT2D eigenvalue weighted by Gasteiger charge is 2.19. The number of para-hydroxylation sites is 1. The molecular weight excluding hydrogens is 384 g/mol. The van der Waals surface area contributed by atoms with Gasteiger partial charge < -0.3 is 23.9 Å². The lowest BCUT2D eigenvalue weighted by molar-refractivity contribution is 0.0854. The van der Waals surface area contributed by atoms with Crippen LogP contribution >= 0.6 is 0 Å². The van der Waals surface area contributed by atoms with Crippen molar-refractivity contribution in [2.24, 2.45) is 4.99 Å². The van der Waals surface area contributed by atoms with Gasteiger partial charge in [0.05, 0.1) is 20.3 Å². The normalized spacial score (nSPS) is 16.6. The van der Waals surface area contributed by atoms with E-state index >= 15 is 0 Å². The maximum absolute atomic E-state index is 13.0. The molecule has 1 amide bonds. The monoisotopic (exact) mass is 408 g/mol. The van der Waals surface area contributed by atoms with E-state index in [1.54, 1.807) is 38.5 Å². The molecule has 30 heavy (non-hydrogen) atoms. The minimum absolute atomic E-state index is 0.0495. The maximum atomic E-state index is 13.0. The second-order valence-electron chi connectivity index (χ2n) is 7.00. The number of ether oxygens (including phenoxy) is 3. The maximum Gasteiger partial charge on any atom is 0.256 e. The van der Waals surface area contributed by atoms with Gasteiger partial charge in [-0.3, -0.25) is 4.79 Å². The third-order valence-electron chi connectivity index (χ3n) is 5.02. The van der Waals surface area contributed by atoms with Crippen molar-refractivity contribution < 1.29 is 23.4 Å². The van der Waals surface area contributed by atoms with E-state index in [1.165, 1.54) is 0 Å². The molecule has 7 nitrogen and oxygen atoms in total. The SMILES string of the molecule is COc1ccc(N=c2oc3ccccc3cc2C(=O)NC[C@@H]2CCCO2)c(OC)c1. The Bertz CT molecular complexity index is 1120. The summed E-state index contributed by atoms with van der Waals surface area (Å²) in [5.41, 5.74) is 1.73. The molecule has 4 rings (SSSR count).